The third-order valence-electron chi connectivity index (χ3n) is 5.85. The minimum Gasteiger partial charge on any atom is -0.391 e. The van der Waals surface area contributed by atoms with Crippen LogP contribution >= 0.6 is 11.3 Å². The summed E-state index contributed by atoms with van der Waals surface area (Å²) < 4.78 is 5.21. The highest BCUT2D eigenvalue weighted by Crippen LogP contribution is 2.33. The maximum atomic E-state index is 12.9. The van der Waals surface area contributed by atoms with Crippen LogP contribution in [0.3, 0.4) is 0 Å². The van der Waals surface area contributed by atoms with Gasteiger partial charge >= 0.3 is 0 Å². The third kappa shape index (κ3) is 5.60. The lowest BCUT2D eigenvalue weighted by Gasteiger charge is -2.24. The number of methoxy groups -OCH3 is 1. The average molecular weight is 442 g/mol. The summed E-state index contributed by atoms with van der Waals surface area (Å²) >= 11 is 1.67. The average Bonchev–Trinajstić information content (AvgIpc) is 3.13. The zero-order valence-electron chi connectivity index (χ0n) is 18.1. The fourth-order valence-corrected chi connectivity index (χ4v) is 5.69. The van der Waals surface area contributed by atoms with Crippen LogP contribution in [-0.2, 0) is 30.5 Å². The SMILES string of the molecule is COCCCN(Cc1nc2sc3c(c2c(=O)[nH]1)CCCC3)C[C@@H](O)Cc1ccccc1. The van der Waals surface area contributed by atoms with Crippen LogP contribution in [0.25, 0.3) is 10.2 Å². The number of aliphatic hydroxyl groups is 1. The molecule has 2 N–H and O–H groups in total. The zero-order chi connectivity index (χ0) is 21.6. The Hall–Kier alpha value is -2.06. The van der Waals surface area contributed by atoms with Gasteiger partial charge in [-0.2, -0.15) is 0 Å². The summed E-state index contributed by atoms with van der Waals surface area (Å²) in [5, 5.41) is 11.5. The van der Waals surface area contributed by atoms with Crippen molar-refractivity contribution >= 4 is 21.6 Å². The topological polar surface area (TPSA) is 78.5 Å². The molecule has 0 fully saturated rings. The lowest BCUT2D eigenvalue weighted by atomic mass is 9.97. The Morgan fingerprint density at radius 3 is 2.87 bits per heavy atom. The molecule has 0 radical (unpaired) electrons. The second-order valence-electron chi connectivity index (χ2n) is 8.33. The first kappa shape index (κ1) is 22.1. The van der Waals surface area contributed by atoms with Crippen LogP contribution < -0.4 is 5.56 Å². The number of hydrogen-bond donors (Lipinski definition) is 2. The van der Waals surface area contributed by atoms with Gasteiger partial charge in [-0.1, -0.05) is 30.3 Å². The van der Waals surface area contributed by atoms with Crippen molar-refractivity contribution in [1.29, 1.82) is 0 Å². The highest BCUT2D eigenvalue weighted by Gasteiger charge is 2.21. The maximum absolute atomic E-state index is 12.9. The van der Waals surface area contributed by atoms with Crippen molar-refractivity contribution in [2.45, 2.75) is 51.2 Å². The molecular weight excluding hydrogens is 410 g/mol. The quantitative estimate of drug-likeness (QED) is 0.472. The number of nitrogens with zero attached hydrogens (tertiary/aromatic N) is 2. The minimum absolute atomic E-state index is 0.0268. The molecular formula is C24H31N3O3S. The molecule has 1 aromatic carbocycles. The molecule has 7 heteroatoms. The molecule has 31 heavy (non-hydrogen) atoms. The fraction of sp³-hybridized carbons (Fsp3) is 0.500. The second-order valence-corrected chi connectivity index (χ2v) is 9.41. The van der Waals surface area contributed by atoms with Crippen LogP contribution in [0.5, 0.6) is 0 Å². The monoisotopic (exact) mass is 441 g/mol. The molecule has 1 aliphatic rings. The third-order valence-corrected chi connectivity index (χ3v) is 7.04. The summed E-state index contributed by atoms with van der Waals surface area (Å²) in [6.07, 6.45) is 5.34. The van der Waals surface area contributed by atoms with Gasteiger partial charge in [0.2, 0.25) is 0 Å². The summed E-state index contributed by atoms with van der Waals surface area (Å²) in [5.41, 5.74) is 2.30. The molecule has 166 valence electrons. The van der Waals surface area contributed by atoms with E-state index in [1.807, 2.05) is 30.3 Å². The molecule has 3 aromatic rings. The van der Waals surface area contributed by atoms with Crippen LogP contribution in [0.1, 0.15) is 41.1 Å². The van der Waals surface area contributed by atoms with Crippen molar-refractivity contribution < 1.29 is 9.84 Å². The van der Waals surface area contributed by atoms with Crippen molar-refractivity contribution in [2.75, 3.05) is 26.8 Å². The largest absolute Gasteiger partial charge is 0.391 e. The van der Waals surface area contributed by atoms with Crippen LogP contribution in [0, 0.1) is 0 Å². The van der Waals surface area contributed by atoms with E-state index >= 15 is 0 Å². The number of thiophene rings is 1. The van der Waals surface area contributed by atoms with E-state index in [1.165, 1.54) is 16.9 Å². The first-order chi connectivity index (χ1) is 15.1. The van der Waals surface area contributed by atoms with Gasteiger partial charge in [0, 0.05) is 31.7 Å². The molecule has 1 atom stereocenters. The predicted octanol–water partition coefficient (Wildman–Crippen LogP) is 3.31. The van der Waals surface area contributed by atoms with Crippen molar-refractivity contribution in [1.82, 2.24) is 14.9 Å². The Morgan fingerprint density at radius 2 is 2.06 bits per heavy atom. The van der Waals surface area contributed by atoms with Crippen molar-refractivity contribution in [2.24, 2.45) is 0 Å². The Bertz CT molecular complexity index is 1050. The molecule has 2 heterocycles. The summed E-state index contributed by atoms with van der Waals surface area (Å²) in [7, 11) is 1.69. The molecule has 0 amide bonds. The fourth-order valence-electron chi connectivity index (χ4n) is 4.41. The molecule has 6 nitrogen and oxygen atoms in total. The van der Waals surface area contributed by atoms with E-state index in [2.05, 4.69) is 9.88 Å². The van der Waals surface area contributed by atoms with E-state index in [4.69, 9.17) is 9.72 Å². The molecule has 0 saturated heterocycles. The van der Waals surface area contributed by atoms with Crippen LogP contribution in [-0.4, -0.2) is 52.9 Å². The van der Waals surface area contributed by atoms with Gasteiger partial charge in [0.1, 0.15) is 10.7 Å². The Balaban J connectivity index is 1.50. The maximum Gasteiger partial charge on any atom is 0.259 e. The molecule has 2 aromatic heterocycles. The number of aliphatic hydroxyl groups excluding tert-OH is 1. The highest BCUT2D eigenvalue weighted by molar-refractivity contribution is 7.18. The van der Waals surface area contributed by atoms with E-state index in [-0.39, 0.29) is 5.56 Å². The first-order valence-electron chi connectivity index (χ1n) is 11.1. The highest BCUT2D eigenvalue weighted by atomic mass is 32.1. The zero-order valence-corrected chi connectivity index (χ0v) is 18.9. The number of aromatic amines is 1. The van der Waals surface area contributed by atoms with Gasteiger partial charge in [0.25, 0.3) is 5.56 Å². The van der Waals surface area contributed by atoms with Gasteiger partial charge in [-0.3, -0.25) is 9.69 Å². The molecule has 1 aliphatic carbocycles. The summed E-state index contributed by atoms with van der Waals surface area (Å²) in [6, 6.07) is 10.0. The number of hydrogen-bond acceptors (Lipinski definition) is 6. The van der Waals surface area contributed by atoms with E-state index in [0.29, 0.717) is 31.9 Å². The number of benzene rings is 1. The first-order valence-corrected chi connectivity index (χ1v) is 11.9. The van der Waals surface area contributed by atoms with Crippen LogP contribution in [0.2, 0.25) is 0 Å². The smallest absolute Gasteiger partial charge is 0.259 e. The van der Waals surface area contributed by atoms with Gasteiger partial charge < -0.3 is 14.8 Å². The van der Waals surface area contributed by atoms with E-state index < -0.39 is 6.10 Å². The molecule has 4 rings (SSSR count). The van der Waals surface area contributed by atoms with Gasteiger partial charge in [0.15, 0.2) is 0 Å². The van der Waals surface area contributed by atoms with Crippen molar-refractivity contribution in [3.05, 3.63) is 62.5 Å². The van der Waals surface area contributed by atoms with E-state index in [1.54, 1.807) is 18.4 Å². The van der Waals surface area contributed by atoms with E-state index in [0.717, 1.165) is 48.0 Å². The lowest BCUT2D eigenvalue weighted by molar-refractivity contribution is 0.0980. The summed E-state index contributed by atoms with van der Waals surface area (Å²) in [4.78, 5) is 25.0. The summed E-state index contributed by atoms with van der Waals surface area (Å²) in [6.45, 7) is 2.44. The lowest BCUT2D eigenvalue weighted by Crippen LogP contribution is -2.35. The number of aryl methyl sites for hydroxylation is 2. The number of nitrogens with one attached hydrogen (secondary N) is 1. The van der Waals surface area contributed by atoms with Crippen LogP contribution in [0.15, 0.2) is 35.1 Å². The van der Waals surface area contributed by atoms with Crippen LogP contribution in [0.4, 0.5) is 0 Å². The standard InChI is InChI=1S/C24H31N3O3S/c1-30-13-7-12-27(15-18(28)14-17-8-3-2-4-9-17)16-21-25-23(29)22-19-10-5-6-11-20(19)31-24(22)26-21/h2-4,8-9,18,28H,5-7,10-16H2,1H3,(H,25,26,29)/t18-/m0/s1. The van der Waals surface area contributed by atoms with Gasteiger partial charge in [-0.05, 0) is 49.7 Å². The number of H-pyrrole nitrogens is 1. The normalized spacial score (nSPS) is 14.8. The van der Waals surface area contributed by atoms with Crippen molar-refractivity contribution in [3.63, 3.8) is 0 Å². The van der Waals surface area contributed by atoms with E-state index in [9.17, 15) is 9.90 Å². The van der Waals surface area contributed by atoms with Gasteiger partial charge in [-0.25, -0.2) is 4.98 Å². The number of rotatable bonds is 10. The number of fused-ring (bicyclic) bond motifs is 3. The molecule has 0 saturated carbocycles. The predicted molar refractivity (Wildman–Crippen MR) is 125 cm³/mol. The Kier molecular flexibility index (Phi) is 7.50. The second kappa shape index (κ2) is 10.5. The number of ether oxygens (including phenoxy) is 1. The minimum atomic E-state index is -0.491. The Morgan fingerprint density at radius 1 is 1.26 bits per heavy atom. The van der Waals surface area contributed by atoms with Gasteiger partial charge in [-0.15, -0.1) is 11.3 Å². The van der Waals surface area contributed by atoms with Crippen molar-refractivity contribution in [3.8, 4) is 0 Å². The molecule has 0 bridgehead atoms. The number of aromatic nitrogens is 2. The molecule has 0 aliphatic heterocycles. The Labute approximate surface area is 186 Å². The summed E-state index contributed by atoms with van der Waals surface area (Å²) in [5.74, 6) is 0.667. The molecule has 0 unspecified atom stereocenters. The molecule has 0 spiro atoms. The van der Waals surface area contributed by atoms with Gasteiger partial charge in [0.05, 0.1) is 18.0 Å².